The van der Waals surface area contributed by atoms with E-state index in [-0.39, 0.29) is 19.0 Å². The molecule has 1 N–H and O–H groups in total. The van der Waals surface area contributed by atoms with Crippen molar-refractivity contribution >= 4 is 17.7 Å². The second kappa shape index (κ2) is 11.5. The third-order valence-electron chi connectivity index (χ3n) is 7.00. The number of carbonyl (C=O) groups is 3. The molecule has 0 spiro atoms. The topological polar surface area (TPSA) is 100 Å². The standard InChI is InChI=1S/C30H33NO7/c1-6-37-29(33)24-17(3)31-23-16-22(18-10-8-12-20(14-18)35-4)26(30(34)38-7-2)28(32)27(23)25(24)19-11-9-13-21(15-19)36-5/h8-15,22,25-26,31H,6-7,16H2,1-5H3/t22-,25+,26-/m0/s1. The molecule has 0 amide bonds. The zero-order valence-corrected chi connectivity index (χ0v) is 22.3. The number of ketones is 1. The molecule has 1 aliphatic heterocycles. The number of methoxy groups -OCH3 is 2. The van der Waals surface area contributed by atoms with E-state index in [1.807, 2.05) is 36.4 Å². The summed E-state index contributed by atoms with van der Waals surface area (Å²) in [6.07, 6.45) is 0.367. The van der Waals surface area contributed by atoms with Crippen LogP contribution in [0.15, 0.2) is 71.1 Å². The lowest BCUT2D eigenvalue weighted by Gasteiger charge is -2.39. The maximum atomic E-state index is 14.3. The van der Waals surface area contributed by atoms with Gasteiger partial charge in [-0.3, -0.25) is 9.59 Å². The molecular formula is C30H33NO7. The molecule has 1 heterocycles. The van der Waals surface area contributed by atoms with Gasteiger partial charge in [0, 0.05) is 28.8 Å². The van der Waals surface area contributed by atoms with Crippen LogP contribution < -0.4 is 14.8 Å². The Balaban J connectivity index is 1.91. The zero-order chi connectivity index (χ0) is 27.4. The Morgan fingerprint density at radius 2 is 1.53 bits per heavy atom. The van der Waals surface area contributed by atoms with Crippen molar-refractivity contribution < 1.29 is 33.3 Å². The smallest absolute Gasteiger partial charge is 0.336 e. The van der Waals surface area contributed by atoms with Crippen molar-refractivity contribution in [1.82, 2.24) is 5.32 Å². The Bertz CT molecular complexity index is 1310. The maximum Gasteiger partial charge on any atom is 0.336 e. The molecule has 0 unspecified atom stereocenters. The molecule has 8 heteroatoms. The highest BCUT2D eigenvalue weighted by Gasteiger charge is 2.49. The van der Waals surface area contributed by atoms with Crippen molar-refractivity contribution in [2.75, 3.05) is 27.4 Å². The van der Waals surface area contributed by atoms with Crippen molar-refractivity contribution in [1.29, 1.82) is 0 Å². The van der Waals surface area contributed by atoms with Crippen molar-refractivity contribution in [2.24, 2.45) is 5.92 Å². The van der Waals surface area contributed by atoms with Crippen molar-refractivity contribution in [2.45, 2.75) is 39.0 Å². The molecule has 2 aliphatic rings. The number of rotatable bonds is 8. The average Bonchev–Trinajstić information content (AvgIpc) is 2.92. The van der Waals surface area contributed by atoms with E-state index in [0.717, 1.165) is 5.56 Å². The number of benzene rings is 2. The molecule has 0 fully saturated rings. The number of hydrogen-bond acceptors (Lipinski definition) is 8. The van der Waals surface area contributed by atoms with E-state index in [0.29, 0.717) is 46.0 Å². The molecule has 8 nitrogen and oxygen atoms in total. The SMILES string of the molecule is CCOC(=O)C1=C(C)NC2=C(C(=O)[C@@H](C(=O)OCC)[C@H](c3cccc(OC)c3)C2)[C@@H]1c1cccc(OC)c1. The van der Waals surface area contributed by atoms with Crippen LogP contribution in [0.5, 0.6) is 11.5 Å². The van der Waals surface area contributed by atoms with Gasteiger partial charge in [-0.05, 0) is 62.6 Å². The minimum Gasteiger partial charge on any atom is -0.497 e. The Morgan fingerprint density at radius 3 is 2.13 bits per heavy atom. The van der Waals surface area contributed by atoms with Gasteiger partial charge in [-0.1, -0.05) is 24.3 Å². The van der Waals surface area contributed by atoms with Gasteiger partial charge in [0.15, 0.2) is 5.78 Å². The molecule has 2 aromatic rings. The largest absolute Gasteiger partial charge is 0.497 e. The first-order chi connectivity index (χ1) is 18.3. The second-order valence-corrected chi connectivity index (χ2v) is 9.17. The fourth-order valence-corrected chi connectivity index (χ4v) is 5.36. The highest BCUT2D eigenvalue weighted by atomic mass is 16.5. The number of hydrogen-bond donors (Lipinski definition) is 1. The lowest BCUT2D eigenvalue weighted by Crippen LogP contribution is -2.43. The number of esters is 2. The highest BCUT2D eigenvalue weighted by molar-refractivity contribution is 6.13. The summed E-state index contributed by atoms with van der Waals surface area (Å²) in [5.41, 5.74) is 3.44. The van der Waals surface area contributed by atoms with Gasteiger partial charge in [0.2, 0.25) is 0 Å². The molecular weight excluding hydrogens is 486 g/mol. The van der Waals surface area contributed by atoms with Gasteiger partial charge >= 0.3 is 11.9 Å². The fraction of sp³-hybridized carbons (Fsp3) is 0.367. The summed E-state index contributed by atoms with van der Waals surface area (Å²) < 4.78 is 21.6. The van der Waals surface area contributed by atoms with Crippen LogP contribution >= 0.6 is 0 Å². The minimum absolute atomic E-state index is 0.143. The fourth-order valence-electron chi connectivity index (χ4n) is 5.36. The van der Waals surface area contributed by atoms with E-state index in [2.05, 4.69) is 5.32 Å². The van der Waals surface area contributed by atoms with Crippen molar-refractivity contribution in [3.8, 4) is 11.5 Å². The lowest BCUT2D eigenvalue weighted by atomic mass is 9.67. The van der Waals surface area contributed by atoms with Crippen molar-refractivity contribution in [3.63, 3.8) is 0 Å². The summed E-state index contributed by atoms with van der Waals surface area (Å²) in [6.45, 7) is 5.57. The van der Waals surface area contributed by atoms with Crippen LogP contribution in [-0.4, -0.2) is 45.2 Å². The van der Waals surface area contributed by atoms with E-state index in [4.69, 9.17) is 18.9 Å². The van der Waals surface area contributed by atoms with Gasteiger partial charge in [-0.15, -0.1) is 0 Å². The predicted molar refractivity (Wildman–Crippen MR) is 141 cm³/mol. The van der Waals surface area contributed by atoms with Gasteiger partial charge in [0.05, 0.1) is 33.0 Å². The normalized spacial score (nSPS) is 20.9. The lowest BCUT2D eigenvalue weighted by molar-refractivity contribution is -0.152. The number of nitrogens with one attached hydrogen (secondary N) is 1. The first-order valence-corrected chi connectivity index (χ1v) is 12.7. The van der Waals surface area contributed by atoms with Crippen LogP contribution in [0.3, 0.4) is 0 Å². The van der Waals surface area contributed by atoms with E-state index in [9.17, 15) is 14.4 Å². The first kappa shape index (κ1) is 27.0. The van der Waals surface area contributed by atoms with E-state index in [1.54, 1.807) is 47.1 Å². The summed E-state index contributed by atoms with van der Waals surface area (Å²) in [5.74, 6) is -2.59. The minimum atomic E-state index is -1.09. The Kier molecular flexibility index (Phi) is 8.20. The van der Waals surface area contributed by atoms with Gasteiger partial charge in [-0.2, -0.15) is 0 Å². The van der Waals surface area contributed by atoms with Crippen LogP contribution in [0.4, 0.5) is 0 Å². The third-order valence-corrected chi connectivity index (χ3v) is 7.00. The molecule has 38 heavy (non-hydrogen) atoms. The number of Topliss-reactive ketones (excluding diaryl/α,β-unsaturated/α-hetero) is 1. The summed E-state index contributed by atoms with van der Waals surface area (Å²) in [7, 11) is 3.13. The molecule has 3 atom stereocenters. The van der Waals surface area contributed by atoms with Gasteiger partial charge in [0.1, 0.15) is 17.4 Å². The van der Waals surface area contributed by atoms with E-state index in [1.165, 1.54) is 0 Å². The number of carbonyl (C=O) groups excluding carboxylic acids is 3. The third kappa shape index (κ3) is 5.03. The van der Waals surface area contributed by atoms with Crippen LogP contribution in [0.1, 0.15) is 50.2 Å². The molecule has 1 aliphatic carbocycles. The van der Waals surface area contributed by atoms with Gasteiger partial charge in [-0.25, -0.2) is 4.79 Å². The zero-order valence-electron chi connectivity index (χ0n) is 22.3. The molecule has 4 rings (SSSR count). The number of ether oxygens (including phenoxy) is 4. The molecule has 0 aromatic heterocycles. The van der Waals surface area contributed by atoms with Gasteiger partial charge < -0.3 is 24.3 Å². The molecule has 2 aromatic carbocycles. The molecule has 200 valence electrons. The number of dihydropyridines is 1. The highest BCUT2D eigenvalue weighted by Crippen LogP contribution is 2.48. The van der Waals surface area contributed by atoms with Gasteiger partial charge in [0.25, 0.3) is 0 Å². The number of allylic oxidation sites excluding steroid dienone is 3. The Labute approximate surface area is 222 Å². The Morgan fingerprint density at radius 1 is 0.921 bits per heavy atom. The van der Waals surface area contributed by atoms with Crippen LogP contribution in [-0.2, 0) is 23.9 Å². The van der Waals surface area contributed by atoms with Crippen molar-refractivity contribution in [3.05, 3.63) is 82.2 Å². The summed E-state index contributed by atoms with van der Waals surface area (Å²) in [6, 6.07) is 14.6. The second-order valence-electron chi connectivity index (χ2n) is 9.17. The van der Waals surface area contributed by atoms with Crippen LogP contribution in [0.2, 0.25) is 0 Å². The summed E-state index contributed by atoms with van der Waals surface area (Å²) in [5, 5.41) is 3.31. The molecule has 0 bridgehead atoms. The summed E-state index contributed by atoms with van der Waals surface area (Å²) >= 11 is 0. The van der Waals surface area contributed by atoms with Crippen LogP contribution in [0, 0.1) is 5.92 Å². The monoisotopic (exact) mass is 519 g/mol. The maximum absolute atomic E-state index is 14.3. The quantitative estimate of drug-likeness (QED) is 0.404. The molecule has 0 radical (unpaired) electrons. The summed E-state index contributed by atoms with van der Waals surface area (Å²) in [4.78, 5) is 40.9. The van der Waals surface area contributed by atoms with Crippen LogP contribution in [0.25, 0.3) is 0 Å². The molecule has 0 saturated heterocycles. The Hall–Kier alpha value is -4.07. The predicted octanol–water partition coefficient (Wildman–Crippen LogP) is 4.42. The molecule has 0 saturated carbocycles. The van der Waals surface area contributed by atoms with E-state index < -0.39 is 29.7 Å². The van der Waals surface area contributed by atoms with E-state index >= 15 is 0 Å². The average molecular weight is 520 g/mol. The first-order valence-electron chi connectivity index (χ1n) is 12.7.